The predicted octanol–water partition coefficient (Wildman–Crippen LogP) is 6.70. The van der Waals surface area contributed by atoms with Gasteiger partial charge in [0, 0.05) is 22.3 Å². The summed E-state index contributed by atoms with van der Waals surface area (Å²) in [6, 6.07) is 32.7. The van der Waals surface area contributed by atoms with Crippen molar-refractivity contribution in [2.75, 3.05) is 14.2 Å². The lowest BCUT2D eigenvalue weighted by Gasteiger charge is -2.02. The molecule has 0 unspecified atom stereocenters. The molecule has 0 fully saturated rings. The van der Waals surface area contributed by atoms with E-state index in [0.717, 1.165) is 11.5 Å². The van der Waals surface area contributed by atoms with E-state index in [4.69, 9.17) is 9.47 Å². The van der Waals surface area contributed by atoms with Crippen LogP contribution in [0, 0.1) is 0 Å². The summed E-state index contributed by atoms with van der Waals surface area (Å²) >= 11 is 0. The molecule has 0 saturated carbocycles. The summed E-state index contributed by atoms with van der Waals surface area (Å²) in [6.45, 7) is 0. The van der Waals surface area contributed by atoms with Crippen molar-refractivity contribution in [2.24, 2.45) is 0 Å². The number of carbonyl (C=O) groups is 2. The van der Waals surface area contributed by atoms with Crippen LogP contribution < -0.4 is 9.47 Å². The first-order valence-electron chi connectivity index (χ1n) is 10.1. The topological polar surface area (TPSA) is 52.6 Å². The van der Waals surface area contributed by atoms with Gasteiger partial charge in [-0.15, -0.1) is 24.8 Å². The maximum atomic E-state index is 12.0. The van der Waals surface area contributed by atoms with Gasteiger partial charge in [-0.25, -0.2) is 0 Å². The fourth-order valence-electron chi connectivity index (χ4n) is 3.00. The van der Waals surface area contributed by atoms with Crippen LogP contribution in [0.5, 0.6) is 11.5 Å². The number of ketones is 2. The Bertz CT molecular complexity index is 1050. The van der Waals surface area contributed by atoms with Gasteiger partial charge in [0.05, 0.1) is 14.2 Å². The van der Waals surface area contributed by atoms with E-state index in [9.17, 15) is 9.59 Å². The third-order valence-corrected chi connectivity index (χ3v) is 4.78. The van der Waals surface area contributed by atoms with Crippen LogP contribution in [0.15, 0.2) is 109 Å². The molecule has 0 aromatic heterocycles. The second-order valence-corrected chi connectivity index (χ2v) is 6.85. The average molecular weight is 497 g/mol. The Hall–Kier alpha value is -3.60. The van der Waals surface area contributed by atoms with Gasteiger partial charge in [-0.1, -0.05) is 60.7 Å². The van der Waals surface area contributed by atoms with E-state index >= 15 is 0 Å². The molecule has 0 bridgehead atoms. The maximum absolute atomic E-state index is 12.0. The highest BCUT2D eigenvalue weighted by atomic mass is 35.5. The van der Waals surface area contributed by atoms with Crippen LogP contribution >= 0.6 is 24.8 Å². The lowest BCUT2D eigenvalue weighted by molar-refractivity contribution is 0.103. The summed E-state index contributed by atoms with van der Waals surface area (Å²) in [6.07, 6.45) is 0. The number of hydrogen-bond acceptors (Lipinski definition) is 4. The molecule has 4 nitrogen and oxygen atoms in total. The van der Waals surface area contributed by atoms with E-state index in [2.05, 4.69) is 0 Å². The van der Waals surface area contributed by atoms with Crippen molar-refractivity contribution in [3.63, 3.8) is 0 Å². The van der Waals surface area contributed by atoms with Crippen molar-refractivity contribution < 1.29 is 19.1 Å². The minimum absolute atomic E-state index is 0. The fraction of sp³-hybridized carbons (Fsp3) is 0.0714. The summed E-state index contributed by atoms with van der Waals surface area (Å²) < 4.78 is 10.1. The highest BCUT2D eigenvalue weighted by molar-refractivity contribution is 6.09. The Morgan fingerprint density at radius 2 is 0.706 bits per heavy atom. The Balaban J connectivity index is 0.000000321. The van der Waals surface area contributed by atoms with E-state index in [0.29, 0.717) is 22.3 Å². The number of rotatable bonds is 6. The maximum Gasteiger partial charge on any atom is 0.193 e. The van der Waals surface area contributed by atoms with Crippen LogP contribution in [0.2, 0.25) is 0 Å². The van der Waals surface area contributed by atoms with Gasteiger partial charge < -0.3 is 9.47 Å². The van der Waals surface area contributed by atoms with Crippen LogP contribution in [0.25, 0.3) is 0 Å². The van der Waals surface area contributed by atoms with Crippen LogP contribution in [0.1, 0.15) is 31.8 Å². The molecule has 0 heterocycles. The molecule has 0 aliphatic heterocycles. The van der Waals surface area contributed by atoms with Crippen molar-refractivity contribution in [1.29, 1.82) is 0 Å². The highest BCUT2D eigenvalue weighted by Crippen LogP contribution is 2.16. The molecule has 4 rings (SSSR count). The smallest absolute Gasteiger partial charge is 0.193 e. The van der Waals surface area contributed by atoms with E-state index in [1.54, 1.807) is 62.8 Å². The third kappa shape index (κ3) is 7.77. The van der Waals surface area contributed by atoms with Crippen molar-refractivity contribution in [2.45, 2.75) is 0 Å². The quantitative estimate of drug-likeness (QED) is 0.279. The molecule has 4 aromatic rings. The second kappa shape index (κ2) is 14.5. The van der Waals surface area contributed by atoms with Crippen molar-refractivity contribution in [3.05, 3.63) is 131 Å². The Labute approximate surface area is 212 Å². The predicted molar refractivity (Wildman–Crippen MR) is 140 cm³/mol. The van der Waals surface area contributed by atoms with Gasteiger partial charge in [0.1, 0.15) is 11.5 Å². The Kier molecular flexibility index (Phi) is 12.1. The Morgan fingerprint density at radius 3 is 0.971 bits per heavy atom. The first-order chi connectivity index (χ1) is 15.6. The van der Waals surface area contributed by atoms with Crippen LogP contribution in [-0.2, 0) is 0 Å². The number of methoxy groups -OCH3 is 2. The lowest BCUT2D eigenvalue weighted by Crippen LogP contribution is -2.00. The molecule has 0 aliphatic rings. The molecule has 0 saturated heterocycles. The van der Waals surface area contributed by atoms with Crippen molar-refractivity contribution >= 4 is 36.4 Å². The zero-order valence-electron chi connectivity index (χ0n) is 18.8. The van der Waals surface area contributed by atoms with E-state index in [1.807, 2.05) is 60.7 Å². The molecule has 0 spiro atoms. The lowest BCUT2D eigenvalue weighted by atomic mass is 10.0. The highest BCUT2D eigenvalue weighted by Gasteiger charge is 2.08. The first-order valence-corrected chi connectivity index (χ1v) is 10.1. The molecule has 0 aliphatic carbocycles. The minimum Gasteiger partial charge on any atom is -0.497 e. The zero-order chi connectivity index (χ0) is 22.8. The first kappa shape index (κ1) is 28.4. The van der Waals surface area contributed by atoms with E-state index in [1.165, 1.54) is 0 Å². The monoisotopic (exact) mass is 496 g/mol. The van der Waals surface area contributed by atoms with Gasteiger partial charge in [0.15, 0.2) is 11.6 Å². The zero-order valence-corrected chi connectivity index (χ0v) is 20.5. The number of ether oxygens (including phenoxy) is 2. The SMILES string of the molecule is COc1ccc(C(=O)c2ccccc2)cc1.COc1ccc(C(=O)c2ccccc2)cc1.Cl.Cl. The normalized spacial score (nSPS) is 9.24. The molecular weight excluding hydrogens is 471 g/mol. The van der Waals surface area contributed by atoms with Crippen LogP contribution in [-0.4, -0.2) is 25.8 Å². The minimum atomic E-state index is 0. The molecule has 6 heteroatoms. The summed E-state index contributed by atoms with van der Waals surface area (Å²) in [4.78, 5) is 24.0. The standard InChI is InChI=1S/2C14H12O2.2ClH/c2*1-16-13-9-7-12(8-10-13)14(15)11-5-3-2-4-6-11;;/h2*2-10H,1H3;2*1H. The van der Waals surface area contributed by atoms with Gasteiger partial charge in [0.2, 0.25) is 0 Å². The van der Waals surface area contributed by atoms with Crippen molar-refractivity contribution in [1.82, 2.24) is 0 Å². The Morgan fingerprint density at radius 1 is 0.441 bits per heavy atom. The molecule has 0 N–H and O–H groups in total. The molecular formula is C28H26Cl2O4. The molecule has 0 atom stereocenters. The number of benzene rings is 4. The van der Waals surface area contributed by atoms with Crippen molar-refractivity contribution in [3.8, 4) is 11.5 Å². The van der Waals surface area contributed by atoms with Crippen LogP contribution in [0.4, 0.5) is 0 Å². The van der Waals surface area contributed by atoms with Gasteiger partial charge in [-0.3, -0.25) is 9.59 Å². The van der Waals surface area contributed by atoms with Gasteiger partial charge >= 0.3 is 0 Å². The third-order valence-electron chi connectivity index (χ3n) is 4.78. The molecule has 176 valence electrons. The molecule has 34 heavy (non-hydrogen) atoms. The molecule has 4 aromatic carbocycles. The second-order valence-electron chi connectivity index (χ2n) is 6.85. The van der Waals surface area contributed by atoms with E-state index in [-0.39, 0.29) is 36.4 Å². The van der Waals surface area contributed by atoms with E-state index < -0.39 is 0 Å². The largest absolute Gasteiger partial charge is 0.497 e. The summed E-state index contributed by atoms with van der Waals surface area (Å²) in [5.41, 5.74) is 2.75. The van der Waals surface area contributed by atoms with Gasteiger partial charge in [-0.05, 0) is 48.5 Å². The molecule has 0 radical (unpaired) electrons. The fourth-order valence-corrected chi connectivity index (χ4v) is 3.00. The van der Waals surface area contributed by atoms with Gasteiger partial charge in [0.25, 0.3) is 0 Å². The number of carbonyl (C=O) groups excluding carboxylic acids is 2. The number of hydrogen-bond donors (Lipinski definition) is 0. The number of halogens is 2. The van der Waals surface area contributed by atoms with Crippen LogP contribution in [0.3, 0.4) is 0 Å². The summed E-state index contributed by atoms with van der Waals surface area (Å²) in [7, 11) is 3.21. The average Bonchev–Trinajstić information content (AvgIpc) is 2.89. The summed E-state index contributed by atoms with van der Waals surface area (Å²) in [5.74, 6) is 1.57. The summed E-state index contributed by atoms with van der Waals surface area (Å²) in [5, 5.41) is 0. The van der Waals surface area contributed by atoms with Gasteiger partial charge in [-0.2, -0.15) is 0 Å². The molecule has 0 amide bonds.